The predicted molar refractivity (Wildman–Crippen MR) is 65.5 cm³/mol. The van der Waals surface area contributed by atoms with E-state index in [1.54, 1.807) is 0 Å². The molecular formula is C12H15ClN2. The van der Waals surface area contributed by atoms with Gasteiger partial charge in [-0.15, -0.1) is 0 Å². The van der Waals surface area contributed by atoms with Crippen molar-refractivity contribution in [1.82, 2.24) is 4.98 Å². The predicted octanol–water partition coefficient (Wildman–Crippen LogP) is 3.19. The van der Waals surface area contributed by atoms with Crippen molar-refractivity contribution in [2.45, 2.75) is 19.8 Å². The SMILES string of the molecule is Cc1c(C(C)CN)[nH]c2cc(Cl)ccc12. The Hall–Kier alpha value is -0.990. The topological polar surface area (TPSA) is 41.8 Å². The first kappa shape index (κ1) is 10.5. The smallest absolute Gasteiger partial charge is 0.0473 e. The fourth-order valence-corrected chi connectivity index (χ4v) is 2.11. The Morgan fingerprint density at radius 2 is 2.20 bits per heavy atom. The van der Waals surface area contributed by atoms with Crippen LogP contribution in [0.2, 0.25) is 5.02 Å². The highest BCUT2D eigenvalue weighted by atomic mass is 35.5. The molecule has 2 aromatic rings. The number of halogens is 1. The average molecular weight is 223 g/mol. The lowest BCUT2D eigenvalue weighted by Crippen LogP contribution is -2.10. The highest BCUT2D eigenvalue weighted by Crippen LogP contribution is 2.28. The number of H-pyrrole nitrogens is 1. The van der Waals surface area contributed by atoms with Gasteiger partial charge in [-0.2, -0.15) is 0 Å². The van der Waals surface area contributed by atoms with Gasteiger partial charge in [0.2, 0.25) is 0 Å². The highest BCUT2D eigenvalue weighted by Gasteiger charge is 2.12. The first-order valence-corrected chi connectivity index (χ1v) is 5.49. The third-order valence-electron chi connectivity index (χ3n) is 2.91. The molecule has 3 N–H and O–H groups in total. The number of aryl methyl sites for hydroxylation is 1. The van der Waals surface area contributed by atoms with Crippen LogP contribution in [0.25, 0.3) is 10.9 Å². The minimum atomic E-state index is 0.358. The fourth-order valence-electron chi connectivity index (χ4n) is 1.94. The van der Waals surface area contributed by atoms with Gasteiger partial charge < -0.3 is 10.7 Å². The molecule has 80 valence electrons. The Morgan fingerprint density at radius 1 is 1.47 bits per heavy atom. The Kier molecular flexibility index (Phi) is 2.72. The average Bonchev–Trinajstić information content (AvgIpc) is 2.54. The summed E-state index contributed by atoms with van der Waals surface area (Å²) in [6, 6.07) is 5.93. The molecule has 0 amide bonds. The van der Waals surface area contributed by atoms with E-state index in [0.29, 0.717) is 12.5 Å². The van der Waals surface area contributed by atoms with Crippen molar-refractivity contribution >= 4 is 22.5 Å². The maximum atomic E-state index is 5.95. The van der Waals surface area contributed by atoms with Crippen LogP contribution in [0, 0.1) is 6.92 Å². The molecular weight excluding hydrogens is 208 g/mol. The standard InChI is InChI=1S/C12H15ClN2/c1-7(6-14)12-8(2)10-4-3-9(13)5-11(10)15-12/h3-5,7,15H,6,14H2,1-2H3. The number of hydrogen-bond acceptors (Lipinski definition) is 1. The van der Waals surface area contributed by atoms with Crippen LogP contribution < -0.4 is 5.73 Å². The molecule has 0 aliphatic carbocycles. The van der Waals surface area contributed by atoms with Gasteiger partial charge >= 0.3 is 0 Å². The van der Waals surface area contributed by atoms with Crippen LogP contribution in [-0.2, 0) is 0 Å². The summed E-state index contributed by atoms with van der Waals surface area (Å²) in [7, 11) is 0. The number of benzene rings is 1. The van der Waals surface area contributed by atoms with E-state index in [4.69, 9.17) is 17.3 Å². The van der Waals surface area contributed by atoms with Crippen LogP contribution in [0.1, 0.15) is 24.1 Å². The molecule has 0 saturated carbocycles. The summed E-state index contributed by atoms with van der Waals surface area (Å²) in [6.07, 6.45) is 0. The number of hydrogen-bond donors (Lipinski definition) is 2. The summed E-state index contributed by atoms with van der Waals surface area (Å²) < 4.78 is 0. The normalized spacial score (nSPS) is 13.3. The molecule has 2 nitrogen and oxygen atoms in total. The van der Waals surface area contributed by atoms with Crippen molar-refractivity contribution in [3.63, 3.8) is 0 Å². The zero-order chi connectivity index (χ0) is 11.0. The van der Waals surface area contributed by atoms with Crippen molar-refractivity contribution in [1.29, 1.82) is 0 Å². The van der Waals surface area contributed by atoms with Crippen molar-refractivity contribution < 1.29 is 0 Å². The molecule has 0 spiro atoms. The molecule has 0 aliphatic heterocycles. The molecule has 0 aliphatic rings. The van der Waals surface area contributed by atoms with Gasteiger partial charge in [0, 0.05) is 34.1 Å². The van der Waals surface area contributed by atoms with E-state index in [0.717, 1.165) is 10.5 Å². The Balaban J connectivity index is 2.63. The lowest BCUT2D eigenvalue weighted by atomic mass is 10.0. The first-order valence-electron chi connectivity index (χ1n) is 5.11. The van der Waals surface area contributed by atoms with Crippen LogP contribution in [0.15, 0.2) is 18.2 Å². The lowest BCUT2D eigenvalue weighted by molar-refractivity contribution is 0.748. The van der Waals surface area contributed by atoms with Gasteiger partial charge in [-0.25, -0.2) is 0 Å². The molecule has 1 atom stereocenters. The fraction of sp³-hybridized carbons (Fsp3) is 0.333. The van der Waals surface area contributed by atoms with E-state index in [1.165, 1.54) is 16.6 Å². The molecule has 3 heteroatoms. The molecule has 1 heterocycles. The molecule has 1 aromatic heterocycles. The Morgan fingerprint density at radius 3 is 2.87 bits per heavy atom. The zero-order valence-corrected chi connectivity index (χ0v) is 9.73. The van der Waals surface area contributed by atoms with Gasteiger partial charge in [-0.3, -0.25) is 0 Å². The Labute approximate surface area is 94.4 Å². The van der Waals surface area contributed by atoms with Crippen LogP contribution in [0.3, 0.4) is 0 Å². The van der Waals surface area contributed by atoms with Gasteiger partial charge in [0.25, 0.3) is 0 Å². The van der Waals surface area contributed by atoms with Crippen molar-refractivity contribution in [2.75, 3.05) is 6.54 Å². The van der Waals surface area contributed by atoms with Crippen LogP contribution >= 0.6 is 11.6 Å². The summed E-state index contributed by atoms with van der Waals surface area (Å²) in [4.78, 5) is 3.39. The largest absolute Gasteiger partial charge is 0.358 e. The number of aromatic nitrogens is 1. The number of fused-ring (bicyclic) bond motifs is 1. The minimum absolute atomic E-state index is 0.358. The summed E-state index contributed by atoms with van der Waals surface area (Å²) >= 11 is 5.95. The first-order chi connectivity index (χ1) is 7.13. The second-order valence-electron chi connectivity index (χ2n) is 3.99. The van der Waals surface area contributed by atoms with Gasteiger partial charge in [-0.1, -0.05) is 24.6 Å². The lowest BCUT2D eigenvalue weighted by Gasteiger charge is -2.06. The monoisotopic (exact) mass is 222 g/mol. The Bertz CT molecular complexity index is 488. The van der Waals surface area contributed by atoms with E-state index >= 15 is 0 Å². The second-order valence-corrected chi connectivity index (χ2v) is 4.43. The zero-order valence-electron chi connectivity index (χ0n) is 8.97. The van der Waals surface area contributed by atoms with Crippen molar-refractivity contribution in [2.24, 2.45) is 5.73 Å². The van der Waals surface area contributed by atoms with E-state index in [-0.39, 0.29) is 0 Å². The highest BCUT2D eigenvalue weighted by molar-refractivity contribution is 6.31. The maximum absolute atomic E-state index is 5.95. The van der Waals surface area contributed by atoms with Crippen LogP contribution in [-0.4, -0.2) is 11.5 Å². The molecule has 1 aromatic carbocycles. The third-order valence-corrected chi connectivity index (χ3v) is 3.14. The van der Waals surface area contributed by atoms with Crippen LogP contribution in [0.5, 0.6) is 0 Å². The minimum Gasteiger partial charge on any atom is -0.358 e. The van der Waals surface area contributed by atoms with E-state index in [2.05, 4.69) is 24.9 Å². The molecule has 2 rings (SSSR count). The van der Waals surface area contributed by atoms with Gasteiger partial charge in [0.1, 0.15) is 0 Å². The van der Waals surface area contributed by atoms with Gasteiger partial charge in [0.05, 0.1) is 0 Å². The van der Waals surface area contributed by atoms with Crippen molar-refractivity contribution in [3.8, 4) is 0 Å². The van der Waals surface area contributed by atoms with E-state index in [1.807, 2.05) is 12.1 Å². The second kappa shape index (κ2) is 3.87. The summed E-state index contributed by atoms with van der Waals surface area (Å²) in [6.45, 7) is 4.90. The number of rotatable bonds is 2. The number of nitrogens with one attached hydrogen (secondary N) is 1. The molecule has 0 radical (unpaired) electrons. The summed E-state index contributed by atoms with van der Waals surface area (Å²) in [5, 5.41) is 1.99. The van der Waals surface area contributed by atoms with E-state index < -0.39 is 0 Å². The van der Waals surface area contributed by atoms with Gasteiger partial charge in [-0.05, 0) is 24.6 Å². The molecule has 0 fully saturated rings. The maximum Gasteiger partial charge on any atom is 0.0473 e. The van der Waals surface area contributed by atoms with Gasteiger partial charge in [0.15, 0.2) is 0 Å². The van der Waals surface area contributed by atoms with Crippen LogP contribution in [0.4, 0.5) is 0 Å². The number of nitrogens with two attached hydrogens (primary N) is 1. The molecule has 1 unspecified atom stereocenters. The summed E-state index contributed by atoms with van der Waals surface area (Å²) in [5.41, 5.74) is 9.27. The third kappa shape index (κ3) is 1.75. The number of aromatic amines is 1. The quantitative estimate of drug-likeness (QED) is 0.805. The summed E-state index contributed by atoms with van der Waals surface area (Å²) in [5.74, 6) is 0.358. The van der Waals surface area contributed by atoms with E-state index in [9.17, 15) is 0 Å². The molecule has 0 bridgehead atoms. The molecule has 15 heavy (non-hydrogen) atoms. The van der Waals surface area contributed by atoms with Crippen molar-refractivity contribution in [3.05, 3.63) is 34.5 Å². The molecule has 0 saturated heterocycles.